The number of aliphatic hydroxyl groups excluding tert-OH is 1. The third kappa shape index (κ3) is 2.44. The lowest BCUT2D eigenvalue weighted by Gasteiger charge is -2.13. The van der Waals surface area contributed by atoms with Crippen LogP contribution in [0.4, 0.5) is 0 Å². The molecule has 2 aromatic carbocycles. The first-order valence-corrected chi connectivity index (χ1v) is 8.03. The lowest BCUT2D eigenvalue weighted by Crippen LogP contribution is -2.03. The van der Waals surface area contributed by atoms with E-state index in [9.17, 15) is 5.11 Å². The van der Waals surface area contributed by atoms with Crippen LogP contribution in [0.15, 0.2) is 78.6 Å². The summed E-state index contributed by atoms with van der Waals surface area (Å²) in [7, 11) is 0. The van der Waals surface area contributed by atoms with Gasteiger partial charge in [-0.1, -0.05) is 48.6 Å². The van der Waals surface area contributed by atoms with Gasteiger partial charge in [0.05, 0.1) is 22.5 Å². The number of aryl methyl sites for hydroxylation is 1. The van der Waals surface area contributed by atoms with Gasteiger partial charge < -0.3 is 5.11 Å². The molecule has 0 spiro atoms. The molecule has 0 atom stereocenters. The van der Waals surface area contributed by atoms with Crippen molar-refractivity contribution in [3.8, 4) is 5.69 Å². The molecular weight excluding hydrogens is 296 g/mol. The van der Waals surface area contributed by atoms with Gasteiger partial charge in [0.15, 0.2) is 0 Å². The highest BCUT2D eigenvalue weighted by Crippen LogP contribution is 2.30. The zero-order valence-corrected chi connectivity index (χ0v) is 13.5. The van der Waals surface area contributed by atoms with Crippen LogP contribution in [0.3, 0.4) is 0 Å². The number of benzene rings is 2. The van der Waals surface area contributed by atoms with E-state index in [0.717, 1.165) is 28.1 Å². The summed E-state index contributed by atoms with van der Waals surface area (Å²) in [5, 5.41) is 10.0. The van der Waals surface area contributed by atoms with Crippen LogP contribution in [-0.4, -0.2) is 14.7 Å². The van der Waals surface area contributed by atoms with E-state index in [1.165, 1.54) is 5.56 Å². The molecule has 24 heavy (non-hydrogen) atoms. The normalized spacial score (nSPS) is 14.4. The van der Waals surface area contributed by atoms with Crippen LogP contribution in [0.2, 0.25) is 0 Å². The first kappa shape index (κ1) is 14.5. The summed E-state index contributed by atoms with van der Waals surface area (Å²) in [5.74, 6) is 1.22. The zero-order valence-electron chi connectivity index (χ0n) is 13.5. The number of aromatic nitrogens is 2. The second-order valence-corrected chi connectivity index (χ2v) is 5.96. The maximum absolute atomic E-state index is 10.0. The summed E-state index contributed by atoms with van der Waals surface area (Å²) in [6, 6.07) is 16.4. The minimum atomic E-state index is 0.346. The molecule has 118 valence electrons. The fourth-order valence-electron chi connectivity index (χ4n) is 3.10. The molecule has 0 fully saturated rings. The molecule has 4 rings (SSSR count). The number of rotatable bonds is 2. The molecule has 0 amide bonds. The van der Waals surface area contributed by atoms with Gasteiger partial charge >= 0.3 is 0 Å². The number of nitrogens with zero attached hydrogens (tertiary/aromatic N) is 2. The highest BCUT2D eigenvalue weighted by Gasteiger charge is 2.18. The van der Waals surface area contributed by atoms with Crippen molar-refractivity contribution in [2.45, 2.75) is 13.3 Å². The molecule has 0 aliphatic heterocycles. The van der Waals surface area contributed by atoms with Crippen LogP contribution in [-0.2, 0) is 0 Å². The van der Waals surface area contributed by atoms with Crippen LogP contribution in [0.1, 0.15) is 17.8 Å². The predicted molar refractivity (Wildman–Crippen MR) is 98.3 cm³/mol. The Balaban J connectivity index is 2.01. The van der Waals surface area contributed by atoms with Crippen molar-refractivity contribution in [1.29, 1.82) is 0 Å². The maximum atomic E-state index is 10.0. The molecule has 0 saturated carbocycles. The quantitative estimate of drug-likeness (QED) is 0.713. The summed E-state index contributed by atoms with van der Waals surface area (Å²) in [6.07, 6.45) is 8.02. The molecule has 1 N–H and O–H groups in total. The van der Waals surface area contributed by atoms with E-state index in [4.69, 9.17) is 4.98 Å². The molecule has 1 aliphatic rings. The van der Waals surface area contributed by atoms with E-state index >= 15 is 0 Å². The fraction of sp³-hybridized carbons (Fsp3) is 0.0952. The third-order valence-corrected chi connectivity index (χ3v) is 4.27. The minimum absolute atomic E-state index is 0.346. The largest absolute Gasteiger partial charge is 0.512 e. The number of hydrogen-bond donors (Lipinski definition) is 1. The summed E-state index contributed by atoms with van der Waals surface area (Å²) < 4.78 is 2.18. The lowest BCUT2D eigenvalue weighted by molar-refractivity contribution is 0.403. The first-order chi connectivity index (χ1) is 11.7. The molecule has 0 radical (unpaired) electrons. The minimum Gasteiger partial charge on any atom is -0.512 e. The van der Waals surface area contributed by atoms with Gasteiger partial charge in [0, 0.05) is 12.0 Å². The van der Waals surface area contributed by atoms with Crippen molar-refractivity contribution in [1.82, 2.24) is 9.55 Å². The Bertz CT molecular complexity index is 1010. The smallest absolute Gasteiger partial charge is 0.142 e. The van der Waals surface area contributed by atoms with Gasteiger partial charge in [-0.2, -0.15) is 0 Å². The Kier molecular flexibility index (Phi) is 3.54. The number of hydrogen-bond acceptors (Lipinski definition) is 2. The average molecular weight is 314 g/mol. The molecule has 3 aromatic rings. The van der Waals surface area contributed by atoms with Gasteiger partial charge in [0.1, 0.15) is 5.82 Å². The standard InChI is InChI=1S/C21H18N2O/c1-15-8-2-6-12-19(15)23-20-13-7-5-11-18(20)22-21(23)16-9-3-4-10-17(24)14-16/h2-13,24H,14H2,1H3. The van der Waals surface area contributed by atoms with E-state index in [2.05, 4.69) is 29.7 Å². The summed E-state index contributed by atoms with van der Waals surface area (Å²) in [6.45, 7) is 2.10. The highest BCUT2D eigenvalue weighted by molar-refractivity contribution is 5.83. The van der Waals surface area contributed by atoms with E-state index in [-0.39, 0.29) is 0 Å². The van der Waals surface area contributed by atoms with Crippen molar-refractivity contribution < 1.29 is 5.11 Å². The topological polar surface area (TPSA) is 38.0 Å². The molecule has 1 aromatic heterocycles. The lowest BCUT2D eigenvalue weighted by atomic mass is 10.1. The Morgan fingerprint density at radius 2 is 1.71 bits per heavy atom. The third-order valence-electron chi connectivity index (χ3n) is 4.27. The van der Waals surface area contributed by atoms with E-state index in [1.54, 1.807) is 6.08 Å². The molecule has 3 nitrogen and oxygen atoms in total. The van der Waals surface area contributed by atoms with Gasteiger partial charge in [-0.05, 0) is 36.8 Å². The first-order valence-electron chi connectivity index (χ1n) is 8.03. The number of para-hydroxylation sites is 3. The Hall–Kier alpha value is -3.07. The fourth-order valence-corrected chi connectivity index (χ4v) is 3.10. The van der Waals surface area contributed by atoms with E-state index < -0.39 is 0 Å². The second-order valence-electron chi connectivity index (χ2n) is 5.96. The highest BCUT2D eigenvalue weighted by atomic mass is 16.3. The van der Waals surface area contributed by atoms with Crippen molar-refractivity contribution >= 4 is 16.6 Å². The van der Waals surface area contributed by atoms with E-state index in [1.807, 2.05) is 48.6 Å². The van der Waals surface area contributed by atoms with Gasteiger partial charge in [-0.3, -0.25) is 4.57 Å². The van der Waals surface area contributed by atoms with Crippen LogP contribution >= 0.6 is 0 Å². The van der Waals surface area contributed by atoms with Gasteiger partial charge in [0.25, 0.3) is 0 Å². The van der Waals surface area contributed by atoms with Crippen LogP contribution in [0.25, 0.3) is 22.3 Å². The van der Waals surface area contributed by atoms with Crippen molar-refractivity contribution in [2.75, 3.05) is 0 Å². The molecule has 0 saturated heterocycles. The van der Waals surface area contributed by atoms with Gasteiger partial charge in [0.2, 0.25) is 0 Å². The molecule has 0 bridgehead atoms. The van der Waals surface area contributed by atoms with Crippen LogP contribution in [0.5, 0.6) is 0 Å². The maximum Gasteiger partial charge on any atom is 0.142 e. The van der Waals surface area contributed by atoms with Gasteiger partial charge in [-0.25, -0.2) is 4.98 Å². The molecule has 1 aliphatic carbocycles. The number of fused-ring (bicyclic) bond motifs is 1. The Morgan fingerprint density at radius 1 is 0.958 bits per heavy atom. The molecular formula is C21H18N2O. The molecule has 1 heterocycles. The SMILES string of the molecule is Cc1ccccc1-n1c(C2=CC=CC=C(O)C2)nc2ccccc21. The van der Waals surface area contributed by atoms with Crippen molar-refractivity contribution in [3.05, 3.63) is 90.0 Å². The van der Waals surface area contributed by atoms with Crippen LogP contribution in [0, 0.1) is 6.92 Å². The van der Waals surface area contributed by atoms with Crippen LogP contribution < -0.4 is 0 Å². The summed E-state index contributed by atoms with van der Waals surface area (Å²) >= 11 is 0. The number of aliphatic hydroxyl groups is 1. The summed E-state index contributed by atoms with van der Waals surface area (Å²) in [5.41, 5.74) is 5.31. The summed E-state index contributed by atoms with van der Waals surface area (Å²) in [4.78, 5) is 4.85. The number of allylic oxidation sites excluding steroid dienone is 5. The zero-order chi connectivity index (χ0) is 16.5. The van der Waals surface area contributed by atoms with Crippen molar-refractivity contribution in [3.63, 3.8) is 0 Å². The van der Waals surface area contributed by atoms with E-state index in [0.29, 0.717) is 12.2 Å². The Morgan fingerprint density at radius 3 is 2.58 bits per heavy atom. The number of imidazole rings is 1. The predicted octanol–water partition coefficient (Wildman–Crippen LogP) is 5.12. The monoisotopic (exact) mass is 314 g/mol. The second kappa shape index (κ2) is 5.85. The molecule has 0 unspecified atom stereocenters. The van der Waals surface area contributed by atoms with Gasteiger partial charge in [-0.15, -0.1) is 0 Å². The average Bonchev–Trinajstić information content (AvgIpc) is 2.83. The Labute approximate surface area is 140 Å². The van der Waals surface area contributed by atoms with Crippen molar-refractivity contribution in [2.24, 2.45) is 0 Å². The molecule has 3 heteroatoms.